The van der Waals surface area contributed by atoms with Gasteiger partial charge in [-0.2, -0.15) is 0 Å². The molecule has 0 saturated carbocycles. The smallest absolute Gasteiger partial charge is 0.290 e. The predicted octanol–water partition coefficient (Wildman–Crippen LogP) is 4.74. The highest BCUT2D eigenvalue weighted by molar-refractivity contribution is 5.96. The summed E-state index contributed by atoms with van der Waals surface area (Å²) in [4.78, 5) is 29.1. The number of fused-ring (bicyclic) bond motifs is 1. The van der Waals surface area contributed by atoms with E-state index >= 15 is 0 Å². The van der Waals surface area contributed by atoms with Crippen LogP contribution >= 0.6 is 0 Å². The number of aryl methyl sites for hydroxylation is 1. The van der Waals surface area contributed by atoms with Crippen molar-refractivity contribution in [3.05, 3.63) is 94.4 Å². The summed E-state index contributed by atoms with van der Waals surface area (Å²) in [6.45, 7) is 5.00. The van der Waals surface area contributed by atoms with E-state index in [1.165, 1.54) is 11.1 Å². The molecule has 1 aromatic heterocycles. The van der Waals surface area contributed by atoms with Crippen molar-refractivity contribution >= 4 is 11.8 Å². The summed E-state index contributed by atoms with van der Waals surface area (Å²) in [5.41, 5.74) is 10.4. The van der Waals surface area contributed by atoms with E-state index in [2.05, 4.69) is 43.4 Å². The third-order valence-electron chi connectivity index (χ3n) is 7.51. The van der Waals surface area contributed by atoms with Gasteiger partial charge in [0.15, 0.2) is 5.76 Å². The zero-order valence-corrected chi connectivity index (χ0v) is 21.1. The van der Waals surface area contributed by atoms with Gasteiger partial charge in [0, 0.05) is 31.0 Å². The van der Waals surface area contributed by atoms with E-state index in [0.29, 0.717) is 25.4 Å². The molecule has 188 valence electrons. The summed E-state index contributed by atoms with van der Waals surface area (Å²) in [5, 5.41) is 3.26. The fourth-order valence-corrected chi connectivity index (χ4v) is 5.68. The zero-order valence-electron chi connectivity index (χ0n) is 21.1. The van der Waals surface area contributed by atoms with Gasteiger partial charge in [-0.1, -0.05) is 68.4 Å². The molecule has 3 atom stereocenters. The van der Waals surface area contributed by atoms with Gasteiger partial charge < -0.3 is 20.4 Å². The van der Waals surface area contributed by atoms with Crippen LogP contribution in [-0.4, -0.2) is 29.3 Å². The molecule has 5 rings (SSSR count). The first-order valence-corrected chi connectivity index (χ1v) is 13.0. The molecular weight excluding hydrogens is 450 g/mol. The van der Waals surface area contributed by atoms with Crippen LogP contribution in [0.15, 0.2) is 65.1 Å². The van der Waals surface area contributed by atoms with Crippen LogP contribution in [-0.2, 0) is 24.2 Å². The Bertz CT molecular complexity index is 1230. The second-order valence-electron chi connectivity index (χ2n) is 10.5. The Morgan fingerprint density at radius 1 is 1.11 bits per heavy atom. The van der Waals surface area contributed by atoms with Crippen molar-refractivity contribution < 1.29 is 14.0 Å². The first-order valence-electron chi connectivity index (χ1n) is 13.0. The van der Waals surface area contributed by atoms with Crippen molar-refractivity contribution in [2.24, 2.45) is 11.7 Å². The Balaban J connectivity index is 1.41. The lowest BCUT2D eigenvalue weighted by Crippen LogP contribution is -2.46. The first kappa shape index (κ1) is 24.3. The Hall–Kier alpha value is -3.38. The SMILES string of the molecule is CC(C)Cc1oc(C(=O)N2CC(c3ccccc3)CC2C(=O)NC2CCc3ccccc32)cc1CN. The van der Waals surface area contributed by atoms with E-state index in [4.69, 9.17) is 10.2 Å². The van der Waals surface area contributed by atoms with Crippen molar-refractivity contribution in [1.82, 2.24) is 10.2 Å². The highest BCUT2D eigenvalue weighted by Crippen LogP contribution is 2.35. The van der Waals surface area contributed by atoms with Crippen LogP contribution in [0.25, 0.3) is 0 Å². The number of amides is 2. The van der Waals surface area contributed by atoms with Gasteiger partial charge >= 0.3 is 0 Å². The average molecular weight is 486 g/mol. The number of hydrogen-bond acceptors (Lipinski definition) is 4. The minimum atomic E-state index is -0.560. The molecule has 36 heavy (non-hydrogen) atoms. The molecule has 1 saturated heterocycles. The quantitative estimate of drug-likeness (QED) is 0.506. The lowest BCUT2D eigenvalue weighted by molar-refractivity contribution is -0.125. The summed E-state index contributed by atoms with van der Waals surface area (Å²) in [7, 11) is 0. The zero-order chi connectivity index (χ0) is 25.2. The molecule has 2 amide bonds. The van der Waals surface area contributed by atoms with Crippen LogP contribution in [0.4, 0.5) is 0 Å². The highest BCUT2D eigenvalue weighted by atomic mass is 16.4. The third-order valence-corrected chi connectivity index (χ3v) is 7.51. The minimum absolute atomic E-state index is 0.0217. The molecule has 1 aliphatic carbocycles. The highest BCUT2D eigenvalue weighted by Gasteiger charge is 2.42. The van der Waals surface area contributed by atoms with Crippen molar-refractivity contribution in [2.45, 2.75) is 64.1 Å². The number of carbonyl (C=O) groups is 2. The number of nitrogens with zero attached hydrogens (tertiary/aromatic N) is 1. The molecule has 3 aromatic rings. The molecular formula is C30H35N3O3. The summed E-state index contributed by atoms with van der Waals surface area (Å²) >= 11 is 0. The van der Waals surface area contributed by atoms with Gasteiger partial charge in [-0.25, -0.2) is 0 Å². The number of carbonyl (C=O) groups excluding carboxylic acids is 2. The molecule has 3 N–H and O–H groups in total. The standard InChI is InChI=1S/C30H35N3O3/c1-19(2)14-27-22(17-31)16-28(36-27)30(35)33-18-23(20-8-4-3-5-9-20)15-26(33)29(34)32-25-13-12-21-10-6-7-11-24(21)25/h3-11,16,19,23,25-26H,12-15,17-18,31H2,1-2H3,(H,32,34). The minimum Gasteiger partial charge on any atom is -0.456 e. The van der Waals surface area contributed by atoms with Crippen molar-refractivity contribution in [1.29, 1.82) is 0 Å². The molecule has 0 spiro atoms. The fourth-order valence-electron chi connectivity index (χ4n) is 5.68. The number of benzene rings is 2. The number of rotatable bonds is 7. The van der Waals surface area contributed by atoms with E-state index in [1.807, 2.05) is 30.3 Å². The van der Waals surface area contributed by atoms with Crippen molar-refractivity contribution in [3.63, 3.8) is 0 Å². The molecule has 6 nitrogen and oxygen atoms in total. The van der Waals surface area contributed by atoms with E-state index < -0.39 is 6.04 Å². The molecule has 2 aliphatic rings. The maximum Gasteiger partial charge on any atom is 0.290 e. The number of furan rings is 1. The molecule has 6 heteroatoms. The van der Waals surface area contributed by atoms with Crippen molar-refractivity contribution in [2.75, 3.05) is 6.54 Å². The van der Waals surface area contributed by atoms with Crippen LogP contribution in [0.5, 0.6) is 0 Å². The molecule has 1 fully saturated rings. The summed E-state index contributed by atoms with van der Waals surface area (Å²) in [6.07, 6.45) is 3.13. The van der Waals surface area contributed by atoms with Gasteiger partial charge in [-0.3, -0.25) is 9.59 Å². The third kappa shape index (κ3) is 4.82. The maximum atomic E-state index is 13.8. The predicted molar refractivity (Wildman–Crippen MR) is 139 cm³/mol. The largest absolute Gasteiger partial charge is 0.456 e. The van der Waals surface area contributed by atoms with E-state index in [9.17, 15) is 9.59 Å². The number of likely N-dealkylation sites (tertiary alicyclic amines) is 1. The van der Waals surface area contributed by atoms with Crippen LogP contribution in [0.3, 0.4) is 0 Å². The lowest BCUT2D eigenvalue weighted by Gasteiger charge is -2.25. The van der Waals surface area contributed by atoms with E-state index in [0.717, 1.165) is 36.1 Å². The molecule has 0 bridgehead atoms. The maximum absolute atomic E-state index is 13.8. The molecule has 2 aromatic carbocycles. The normalized spacial score (nSPS) is 21.1. The Kier molecular flexibility index (Phi) is 6.97. The molecule has 1 aliphatic heterocycles. The molecule has 2 heterocycles. The number of nitrogens with one attached hydrogen (secondary N) is 1. The van der Waals surface area contributed by atoms with Crippen molar-refractivity contribution in [3.8, 4) is 0 Å². The first-order chi connectivity index (χ1) is 17.4. The van der Waals surface area contributed by atoms with E-state index in [-0.39, 0.29) is 29.5 Å². The Morgan fingerprint density at radius 3 is 2.61 bits per heavy atom. The van der Waals surface area contributed by atoms with Gasteiger partial charge in [-0.15, -0.1) is 0 Å². The van der Waals surface area contributed by atoms with Gasteiger partial charge in [-0.05, 0) is 47.9 Å². The van der Waals surface area contributed by atoms with Crippen LogP contribution in [0.1, 0.15) is 77.2 Å². The molecule has 0 radical (unpaired) electrons. The topological polar surface area (TPSA) is 88.6 Å². The lowest BCUT2D eigenvalue weighted by atomic mass is 9.96. The number of hydrogen-bond donors (Lipinski definition) is 2. The van der Waals surface area contributed by atoms with Crippen LogP contribution < -0.4 is 11.1 Å². The van der Waals surface area contributed by atoms with Crippen LogP contribution in [0.2, 0.25) is 0 Å². The summed E-state index contributed by atoms with van der Waals surface area (Å²) < 4.78 is 6.04. The van der Waals surface area contributed by atoms with E-state index in [1.54, 1.807) is 11.0 Å². The Morgan fingerprint density at radius 2 is 1.86 bits per heavy atom. The second kappa shape index (κ2) is 10.3. The average Bonchev–Trinajstić information content (AvgIpc) is 3.61. The molecule has 3 unspecified atom stereocenters. The van der Waals surface area contributed by atoms with Gasteiger partial charge in [0.05, 0.1) is 6.04 Å². The van der Waals surface area contributed by atoms with Gasteiger partial charge in [0.1, 0.15) is 11.8 Å². The monoisotopic (exact) mass is 485 g/mol. The summed E-state index contributed by atoms with van der Waals surface area (Å²) in [5.74, 6) is 1.15. The van der Waals surface area contributed by atoms with Gasteiger partial charge in [0.2, 0.25) is 5.91 Å². The fraction of sp³-hybridized carbons (Fsp3) is 0.400. The summed E-state index contributed by atoms with van der Waals surface area (Å²) in [6, 6.07) is 19.6. The second-order valence-corrected chi connectivity index (χ2v) is 10.5. The van der Waals surface area contributed by atoms with Gasteiger partial charge in [0.25, 0.3) is 5.91 Å². The van der Waals surface area contributed by atoms with Crippen LogP contribution in [0, 0.1) is 5.92 Å². The number of nitrogens with two attached hydrogens (primary N) is 1. The Labute approximate surface area is 212 Å².